The van der Waals surface area contributed by atoms with E-state index in [0.29, 0.717) is 13.1 Å². The molecule has 2 fully saturated rings. The number of nitrogens with zero attached hydrogens (tertiary/aromatic N) is 2. The van der Waals surface area contributed by atoms with Crippen LogP contribution >= 0.6 is 0 Å². The van der Waals surface area contributed by atoms with Crippen molar-refractivity contribution in [2.75, 3.05) is 26.2 Å². The number of hydrogen-bond donors (Lipinski definition) is 2. The van der Waals surface area contributed by atoms with Crippen molar-refractivity contribution in [3.8, 4) is 0 Å². The van der Waals surface area contributed by atoms with E-state index in [2.05, 4.69) is 10.6 Å². The molecule has 2 unspecified atom stereocenters. The highest BCUT2D eigenvalue weighted by Gasteiger charge is 2.26. The number of amides is 2. The van der Waals surface area contributed by atoms with Crippen molar-refractivity contribution >= 4 is 11.8 Å². The zero-order valence-corrected chi connectivity index (χ0v) is 14.4. The fourth-order valence-corrected chi connectivity index (χ4v) is 3.57. The summed E-state index contributed by atoms with van der Waals surface area (Å²) >= 11 is 0. The Bertz CT molecular complexity index is 666. The Hall–Kier alpha value is -2.15. The van der Waals surface area contributed by atoms with E-state index in [1.807, 2.05) is 4.90 Å². The molecule has 2 amide bonds. The number of pyridine rings is 1. The van der Waals surface area contributed by atoms with E-state index in [1.165, 1.54) is 10.6 Å². The largest absolute Gasteiger partial charge is 0.354 e. The Kier molecular flexibility index (Phi) is 5.86. The van der Waals surface area contributed by atoms with Crippen LogP contribution in [0.2, 0.25) is 0 Å². The molecule has 2 atom stereocenters. The molecule has 7 heteroatoms. The molecule has 1 aromatic rings. The number of nitrogens with one attached hydrogen (secondary N) is 2. The third-order valence-electron chi connectivity index (χ3n) is 5.02. The molecule has 136 valence electrons. The highest BCUT2D eigenvalue weighted by atomic mass is 16.2. The fourth-order valence-electron chi connectivity index (χ4n) is 3.57. The first kappa shape index (κ1) is 17.7. The fraction of sp³-hybridized carbons (Fsp3) is 0.611. The van der Waals surface area contributed by atoms with Crippen molar-refractivity contribution < 1.29 is 9.59 Å². The summed E-state index contributed by atoms with van der Waals surface area (Å²) in [4.78, 5) is 38.1. The Labute approximate surface area is 147 Å². The molecule has 3 rings (SSSR count). The molecule has 7 nitrogen and oxygen atoms in total. The number of likely N-dealkylation sites (tertiary alicyclic amines) is 1. The average molecular weight is 346 g/mol. The van der Waals surface area contributed by atoms with Gasteiger partial charge in [0.1, 0.15) is 6.54 Å². The van der Waals surface area contributed by atoms with Gasteiger partial charge in [-0.25, -0.2) is 0 Å². The van der Waals surface area contributed by atoms with Gasteiger partial charge >= 0.3 is 0 Å². The minimum atomic E-state index is -0.166. The second kappa shape index (κ2) is 8.29. The Balaban J connectivity index is 1.48. The molecule has 0 aliphatic carbocycles. The molecular weight excluding hydrogens is 320 g/mol. The zero-order chi connectivity index (χ0) is 17.6. The van der Waals surface area contributed by atoms with E-state index in [4.69, 9.17) is 0 Å². The van der Waals surface area contributed by atoms with Crippen LogP contribution in [-0.2, 0) is 16.1 Å². The molecule has 2 aliphatic rings. The summed E-state index contributed by atoms with van der Waals surface area (Å²) in [7, 11) is 0. The third kappa shape index (κ3) is 4.69. The maximum Gasteiger partial charge on any atom is 0.250 e. The monoisotopic (exact) mass is 346 g/mol. The summed E-state index contributed by atoms with van der Waals surface area (Å²) in [6.45, 7) is 2.94. The molecule has 25 heavy (non-hydrogen) atoms. The summed E-state index contributed by atoms with van der Waals surface area (Å²) < 4.78 is 1.43. The molecule has 2 saturated heterocycles. The average Bonchev–Trinajstić information content (AvgIpc) is 3.16. The van der Waals surface area contributed by atoms with Crippen LogP contribution in [0.5, 0.6) is 0 Å². The lowest BCUT2D eigenvalue weighted by molar-refractivity contribution is -0.133. The van der Waals surface area contributed by atoms with Crippen LogP contribution in [0.15, 0.2) is 29.2 Å². The van der Waals surface area contributed by atoms with Crippen LogP contribution in [-0.4, -0.2) is 53.5 Å². The highest BCUT2D eigenvalue weighted by molar-refractivity contribution is 5.82. The van der Waals surface area contributed by atoms with Crippen molar-refractivity contribution in [3.05, 3.63) is 34.7 Å². The van der Waals surface area contributed by atoms with Crippen LogP contribution in [0.4, 0.5) is 0 Å². The Morgan fingerprint density at radius 3 is 2.88 bits per heavy atom. The van der Waals surface area contributed by atoms with Crippen molar-refractivity contribution in [3.63, 3.8) is 0 Å². The number of piperidine rings is 1. The Morgan fingerprint density at radius 2 is 2.12 bits per heavy atom. The molecular formula is C18H26N4O3. The maximum absolute atomic E-state index is 12.5. The van der Waals surface area contributed by atoms with Crippen molar-refractivity contribution in [1.29, 1.82) is 0 Å². The second-order valence-corrected chi connectivity index (χ2v) is 6.91. The molecule has 2 aliphatic heterocycles. The summed E-state index contributed by atoms with van der Waals surface area (Å²) in [5.41, 5.74) is -0.166. The molecule has 0 bridgehead atoms. The molecule has 0 spiro atoms. The minimum Gasteiger partial charge on any atom is -0.354 e. The number of rotatable bonds is 5. The van der Waals surface area contributed by atoms with Gasteiger partial charge in [-0.05, 0) is 44.2 Å². The molecule has 0 saturated carbocycles. The van der Waals surface area contributed by atoms with Gasteiger partial charge in [0.2, 0.25) is 11.8 Å². The van der Waals surface area contributed by atoms with E-state index < -0.39 is 0 Å². The SMILES string of the molecule is O=C(NCC1CCCN(C(=O)Cn2ccccc2=O)C1)C1CCCN1. The van der Waals surface area contributed by atoms with Gasteiger partial charge in [-0.15, -0.1) is 0 Å². The van der Waals surface area contributed by atoms with E-state index in [9.17, 15) is 14.4 Å². The van der Waals surface area contributed by atoms with Gasteiger partial charge < -0.3 is 20.1 Å². The molecule has 1 aromatic heterocycles. The number of hydrogen-bond acceptors (Lipinski definition) is 4. The topological polar surface area (TPSA) is 83.4 Å². The lowest BCUT2D eigenvalue weighted by atomic mass is 9.97. The zero-order valence-electron chi connectivity index (χ0n) is 14.4. The van der Waals surface area contributed by atoms with Crippen LogP contribution in [0.1, 0.15) is 25.7 Å². The standard InChI is InChI=1S/C18H26N4O3/c23-16-7-1-2-9-22(16)13-17(24)21-10-4-5-14(12-21)11-20-18(25)15-6-3-8-19-15/h1-2,7,9,14-15,19H,3-6,8,10-13H2,(H,20,25). The lowest BCUT2D eigenvalue weighted by Gasteiger charge is -2.33. The first-order valence-corrected chi connectivity index (χ1v) is 9.08. The lowest BCUT2D eigenvalue weighted by Crippen LogP contribution is -2.47. The second-order valence-electron chi connectivity index (χ2n) is 6.91. The molecule has 0 aromatic carbocycles. The number of aromatic nitrogens is 1. The molecule has 3 heterocycles. The van der Waals surface area contributed by atoms with Gasteiger partial charge in [0.25, 0.3) is 5.56 Å². The van der Waals surface area contributed by atoms with E-state index in [0.717, 1.165) is 38.8 Å². The molecule has 0 radical (unpaired) electrons. The van der Waals surface area contributed by atoms with Crippen LogP contribution < -0.4 is 16.2 Å². The van der Waals surface area contributed by atoms with E-state index >= 15 is 0 Å². The van der Waals surface area contributed by atoms with Gasteiger partial charge in [0.15, 0.2) is 0 Å². The van der Waals surface area contributed by atoms with Gasteiger partial charge in [0.05, 0.1) is 6.04 Å². The third-order valence-corrected chi connectivity index (χ3v) is 5.02. The summed E-state index contributed by atoms with van der Waals surface area (Å²) in [6.07, 6.45) is 5.51. The number of carbonyl (C=O) groups is 2. The van der Waals surface area contributed by atoms with Crippen molar-refractivity contribution in [2.45, 2.75) is 38.3 Å². The first-order valence-electron chi connectivity index (χ1n) is 9.08. The molecule has 2 N–H and O–H groups in total. The summed E-state index contributed by atoms with van der Waals surface area (Å²) in [5.74, 6) is 0.300. The first-order chi connectivity index (χ1) is 12.1. The predicted octanol–water partition coefficient (Wildman–Crippen LogP) is -0.0449. The van der Waals surface area contributed by atoms with Crippen molar-refractivity contribution in [1.82, 2.24) is 20.1 Å². The van der Waals surface area contributed by atoms with E-state index in [-0.39, 0.29) is 35.9 Å². The van der Waals surface area contributed by atoms with Gasteiger partial charge in [0, 0.05) is 31.9 Å². The minimum absolute atomic E-state index is 0.0400. The number of carbonyl (C=O) groups excluding carboxylic acids is 2. The smallest absolute Gasteiger partial charge is 0.250 e. The summed E-state index contributed by atoms with van der Waals surface area (Å²) in [5, 5.41) is 6.21. The predicted molar refractivity (Wildman–Crippen MR) is 94.0 cm³/mol. The van der Waals surface area contributed by atoms with E-state index in [1.54, 1.807) is 18.3 Å². The van der Waals surface area contributed by atoms with Crippen molar-refractivity contribution in [2.24, 2.45) is 5.92 Å². The van der Waals surface area contributed by atoms with Crippen LogP contribution in [0.3, 0.4) is 0 Å². The van der Waals surface area contributed by atoms with Gasteiger partial charge in [-0.2, -0.15) is 0 Å². The van der Waals surface area contributed by atoms with Crippen LogP contribution in [0, 0.1) is 5.92 Å². The summed E-state index contributed by atoms with van der Waals surface area (Å²) in [6, 6.07) is 4.81. The van der Waals surface area contributed by atoms with Gasteiger partial charge in [-0.1, -0.05) is 6.07 Å². The van der Waals surface area contributed by atoms with Gasteiger partial charge in [-0.3, -0.25) is 14.4 Å². The Morgan fingerprint density at radius 1 is 1.24 bits per heavy atom. The highest BCUT2D eigenvalue weighted by Crippen LogP contribution is 2.16. The quantitative estimate of drug-likeness (QED) is 0.783. The van der Waals surface area contributed by atoms with Crippen LogP contribution in [0.25, 0.3) is 0 Å². The maximum atomic E-state index is 12.5. The normalized spacial score (nSPS) is 23.4.